The summed E-state index contributed by atoms with van der Waals surface area (Å²) < 4.78 is 7.65. The Morgan fingerprint density at radius 3 is 1.97 bits per heavy atom. The Hall–Kier alpha value is -2.75. The van der Waals surface area contributed by atoms with Crippen LogP contribution in [0.2, 0.25) is 5.04 Å². The van der Waals surface area contributed by atoms with Crippen molar-refractivity contribution in [2.75, 3.05) is 0 Å². The Bertz CT molecular complexity index is 1190. The normalized spacial score (nSPS) is 13.2. The first-order chi connectivity index (χ1) is 16.9. The van der Waals surface area contributed by atoms with E-state index in [-0.39, 0.29) is 11.1 Å². The van der Waals surface area contributed by atoms with Crippen LogP contribution in [0.25, 0.3) is 10.9 Å². The first-order valence-corrected chi connectivity index (χ1v) is 14.9. The Kier molecular flexibility index (Phi) is 7.88. The van der Waals surface area contributed by atoms with Crippen LogP contribution in [0.1, 0.15) is 70.7 Å². The summed E-state index contributed by atoms with van der Waals surface area (Å²) in [7, 11) is -2.68. The average molecular weight is 482 g/mol. The highest BCUT2D eigenvalue weighted by atomic mass is 28.4. The van der Waals surface area contributed by atoms with Crippen LogP contribution in [0, 0.1) is 6.92 Å². The molecule has 4 rings (SSSR count). The molecule has 0 fully saturated rings. The largest absolute Gasteiger partial charge is 0.400 e. The summed E-state index contributed by atoms with van der Waals surface area (Å²) in [6, 6.07) is 32.8. The van der Waals surface area contributed by atoms with E-state index in [1.807, 2.05) is 0 Å². The van der Waals surface area contributed by atoms with E-state index in [1.54, 1.807) is 0 Å². The number of benzene rings is 3. The third kappa shape index (κ3) is 5.27. The predicted molar refractivity (Wildman–Crippen MR) is 152 cm³/mol. The summed E-state index contributed by atoms with van der Waals surface area (Å²) in [6.07, 6.45) is 4.51. The van der Waals surface area contributed by atoms with Crippen molar-refractivity contribution < 1.29 is 4.43 Å². The highest BCUT2D eigenvalue weighted by Crippen LogP contribution is 2.42. The molecule has 0 N–H and O–H groups in total. The Labute approximate surface area is 212 Å². The number of aromatic nitrogens is 1. The van der Waals surface area contributed by atoms with Crippen LogP contribution in [-0.4, -0.2) is 13.3 Å². The van der Waals surface area contributed by atoms with Crippen molar-refractivity contribution in [2.24, 2.45) is 0 Å². The number of rotatable bonds is 9. The summed E-state index contributed by atoms with van der Waals surface area (Å²) in [6.45, 7) is 11.4. The first kappa shape index (κ1) is 25.3. The second-order valence-electron chi connectivity index (χ2n) is 10.6. The molecule has 0 aliphatic carbocycles. The minimum absolute atomic E-state index is 0.0224. The van der Waals surface area contributed by atoms with E-state index in [0.717, 1.165) is 24.1 Å². The quantitative estimate of drug-likeness (QED) is 0.180. The molecule has 4 aromatic rings. The molecule has 1 heterocycles. The van der Waals surface area contributed by atoms with E-state index < -0.39 is 8.32 Å². The molecule has 35 heavy (non-hydrogen) atoms. The van der Waals surface area contributed by atoms with E-state index in [0.29, 0.717) is 0 Å². The lowest BCUT2D eigenvalue weighted by atomic mass is 10.00. The molecule has 182 valence electrons. The van der Waals surface area contributed by atoms with Crippen LogP contribution in [0.15, 0.2) is 91.0 Å². The topological polar surface area (TPSA) is 22.1 Å². The SMILES string of the molecule is CCCCCC(O[Si](c1ccccc1)(c1ccccc1)C(C)(C)C)c1cccc2ccc(C)nc12. The van der Waals surface area contributed by atoms with Gasteiger partial charge in [-0.15, -0.1) is 0 Å². The lowest BCUT2D eigenvalue weighted by molar-refractivity contribution is 0.178. The second kappa shape index (κ2) is 10.9. The molecule has 0 saturated carbocycles. The van der Waals surface area contributed by atoms with Gasteiger partial charge in [-0.25, -0.2) is 0 Å². The number of aryl methyl sites for hydroxylation is 1. The molecule has 1 unspecified atom stereocenters. The lowest BCUT2D eigenvalue weighted by Crippen LogP contribution is -2.66. The number of hydrogen-bond acceptors (Lipinski definition) is 2. The molecular formula is C32H39NOSi. The maximum absolute atomic E-state index is 7.65. The molecule has 0 aliphatic heterocycles. The van der Waals surface area contributed by atoms with Gasteiger partial charge in [0, 0.05) is 16.6 Å². The zero-order chi connectivity index (χ0) is 24.9. The zero-order valence-electron chi connectivity index (χ0n) is 21.9. The van der Waals surface area contributed by atoms with E-state index in [1.165, 1.54) is 34.2 Å². The van der Waals surface area contributed by atoms with E-state index in [2.05, 4.69) is 126 Å². The highest BCUT2D eigenvalue weighted by molar-refractivity contribution is 6.99. The van der Waals surface area contributed by atoms with Crippen molar-refractivity contribution in [2.45, 2.75) is 71.4 Å². The van der Waals surface area contributed by atoms with Crippen LogP contribution in [-0.2, 0) is 4.43 Å². The minimum atomic E-state index is -2.68. The molecule has 3 heteroatoms. The van der Waals surface area contributed by atoms with Gasteiger partial charge < -0.3 is 4.43 Å². The number of hydrogen-bond donors (Lipinski definition) is 0. The van der Waals surface area contributed by atoms with Crippen molar-refractivity contribution >= 4 is 29.6 Å². The number of pyridine rings is 1. The van der Waals surface area contributed by atoms with Gasteiger partial charge in [-0.05, 0) is 34.8 Å². The molecule has 2 nitrogen and oxygen atoms in total. The zero-order valence-corrected chi connectivity index (χ0v) is 22.9. The molecule has 0 radical (unpaired) electrons. The molecular weight excluding hydrogens is 442 g/mol. The second-order valence-corrected chi connectivity index (χ2v) is 14.9. The third-order valence-corrected chi connectivity index (χ3v) is 12.1. The monoisotopic (exact) mass is 481 g/mol. The third-order valence-electron chi connectivity index (χ3n) is 7.04. The number of unbranched alkanes of at least 4 members (excludes halogenated alkanes) is 2. The van der Waals surface area contributed by atoms with Gasteiger partial charge >= 0.3 is 0 Å². The van der Waals surface area contributed by atoms with Crippen molar-refractivity contribution in [3.8, 4) is 0 Å². The van der Waals surface area contributed by atoms with Crippen LogP contribution in [0.5, 0.6) is 0 Å². The molecule has 0 saturated heterocycles. The van der Waals surface area contributed by atoms with Gasteiger partial charge in [-0.3, -0.25) is 4.98 Å². The Morgan fingerprint density at radius 2 is 1.40 bits per heavy atom. The Balaban J connectivity index is 1.93. The van der Waals surface area contributed by atoms with Crippen molar-refractivity contribution in [3.63, 3.8) is 0 Å². The molecule has 1 atom stereocenters. The fourth-order valence-corrected chi connectivity index (χ4v) is 9.98. The average Bonchev–Trinajstić information content (AvgIpc) is 2.86. The maximum Gasteiger partial charge on any atom is 0.261 e. The van der Waals surface area contributed by atoms with Gasteiger partial charge in [0.2, 0.25) is 0 Å². The minimum Gasteiger partial charge on any atom is -0.400 e. The predicted octanol–water partition coefficient (Wildman–Crippen LogP) is 7.74. The highest BCUT2D eigenvalue weighted by Gasteiger charge is 2.51. The fourth-order valence-electron chi connectivity index (χ4n) is 5.29. The van der Waals surface area contributed by atoms with Crippen LogP contribution >= 0.6 is 0 Å². The van der Waals surface area contributed by atoms with Gasteiger partial charge in [-0.2, -0.15) is 0 Å². The Morgan fingerprint density at radius 1 is 0.771 bits per heavy atom. The summed E-state index contributed by atoms with van der Waals surface area (Å²) in [5, 5.41) is 3.76. The van der Waals surface area contributed by atoms with E-state index in [4.69, 9.17) is 9.41 Å². The first-order valence-electron chi connectivity index (χ1n) is 13.0. The molecule has 3 aromatic carbocycles. The number of nitrogens with zero attached hydrogens (tertiary/aromatic N) is 1. The van der Waals surface area contributed by atoms with Crippen LogP contribution in [0.3, 0.4) is 0 Å². The number of fused-ring (bicyclic) bond motifs is 1. The van der Waals surface area contributed by atoms with Gasteiger partial charge in [0.1, 0.15) is 0 Å². The van der Waals surface area contributed by atoms with Gasteiger partial charge in [0.25, 0.3) is 8.32 Å². The number of para-hydroxylation sites is 1. The standard InChI is InChI=1S/C32H39NOSi/c1-6-7-10-22-30(29-21-15-16-26-24-23-25(2)33-31(26)29)34-35(32(3,4)5,27-17-11-8-12-18-27)28-19-13-9-14-20-28/h8-9,11-21,23-24,30H,6-7,10,22H2,1-5H3. The summed E-state index contributed by atoms with van der Waals surface area (Å²) in [5.74, 6) is 0. The summed E-state index contributed by atoms with van der Waals surface area (Å²) in [5.41, 5.74) is 3.34. The van der Waals surface area contributed by atoms with Crippen molar-refractivity contribution in [1.29, 1.82) is 0 Å². The molecule has 0 aliphatic rings. The molecule has 0 bridgehead atoms. The maximum atomic E-state index is 7.65. The summed E-state index contributed by atoms with van der Waals surface area (Å²) >= 11 is 0. The van der Waals surface area contributed by atoms with Gasteiger partial charge in [0.15, 0.2) is 0 Å². The molecule has 0 spiro atoms. The van der Waals surface area contributed by atoms with E-state index in [9.17, 15) is 0 Å². The van der Waals surface area contributed by atoms with Crippen LogP contribution in [0.4, 0.5) is 0 Å². The smallest absolute Gasteiger partial charge is 0.261 e. The molecule has 0 amide bonds. The van der Waals surface area contributed by atoms with Crippen molar-refractivity contribution in [3.05, 3.63) is 102 Å². The van der Waals surface area contributed by atoms with E-state index >= 15 is 0 Å². The summed E-state index contributed by atoms with van der Waals surface area (Å²) in [4.78, 5) is 5.00. The lowest BCUT2D eigenvalue weighted by Gasteiger charge is -2.45. The fraction of sp³-hybridized carbons (Fsp3) is 0.344. The molecule has 1 aromatic heterocycles. The van der Waals surface area contributed by atoms with Crippen LogP contribution < -0.4 is 10.4 Å². The van der Waals surface area contributed by atoms with Gasteiger partial charge in [0.05, 0.1) is 11.6 Å². The van der Waals surface area contributed by atoms with Gasteiger partial charge in [-0.1, -0.05) is 132 Å². The van der Waals surface area contributed by atoms with Crippen molar-refractivity contribution in [1.82, 2.24) is 4.98 Å².